The lowest BCUT2D eigenvalue weighted by atomic mass is 10.2. The number of nitrogens with zero attached hydrogens (tertiary/aromatic N) is 4. The van der Waals surface area contributed by atoms with Gasteiger partial charge in [0.1, 0.15) is 28.4 Å². The Balaban J connectivity index is 1.35. The van der Waals surface area contributed by atoms with Crippen molar-refractivity contribution in [1.29, 1.82) is 0 Å². The quantitative estimate of drug-likeness (QED) is 0.498. The standard InChI is InChI=1S/C22H21F3N6O4/c1-31-12-17(29-30-31)19(32)28-21(7-8-21)20(33)27-10-13-3-4-15(11-26-13)35-18-6-5-14(34-2)9-16(18)22(23,24)25/h3-6,9,11-12H,7-8,10H2,1-2H3,(H,27,33)(H,28,32). The molecule has 13 heteroatoms. The smallest absolute Gasteiger partial charge is 0.420 e. The Morgan fingerprint density at radius 3 is 2.49 bits per heavy atom. The molecule has 2 heterocycles. The predicted molar refractivity (Wildman–Crippen MR) is 115 cm³/mol. The fraction of sp³-hybridized carbons (Fsp3) is 0.318. The Kier molecular flexibility index (Phi) is 6.33. The second-order valence-electron chi connectivity index (χ2n) is 7.94. The number of amides is 2. The van der Waals surface area contributed by atoms with E-state index in [1.807, 2.05) is 0 Å². The highest BCUT2D eigenvalue weighted by Gasteiger charge is 2.51. The van der Waals surface area contributed by atoms with E-state index in [-0.39, 0.29) is 29.6 Å². The predicted octanol–water partition coefficient (Wildman–Crippen LogP) is 2.61. The summed E-state index contributed by atoms with van der Waals surface area (Å²) in [5.41, 5.74) is -1.44. The minimum Gasteiger partial charge on any atom is -0.497 e. The molecule has 2 aromatic heterocycles. The van der Waals surface area contributed by atoms with Crippen molar-refractivity contribution < 1.29 is 32.2 Å². The Hall–Kier alpha value is -4.16. The van der Waals surface area contributed by atoms with Crippen LogP contribution in [0.1, 0.15) is 34.6 Å². The summed E-state index contributed by atoms with van der Waals surface area (Å²) in [4.78, 5) is 29.1. The van der Waals surface area contributed by atoms with Crippen LogP contribution in [-0.4, -0.2) is 44.4 Å². The van der Waals surface area contributed by atoms with Gasteiger partial charge in [-0.3, -0.25) is 19.3 Å². The van der Waals surface area contributed by atoms with E-state index in [1.54, 1.807) is 7.05 Å². The highest BCUT2D eigenvalue weighted by molar-refractivity contribution is 5.99. The molecule has 1 saturated carbocycles. The van der Waals surface area contributed by atoms with Gasteiger partial charge in [-0.15, -0.1) is 5.10 Å². The summed E-state index contributed by atoms with van der Waals surface area (Å²) in [6.07, 6.45) is -0.971. The van der Waals surface area contributed by atoms with Crippen molar-refractivity contribution in [3.63, 3.8) is 0 Å². The molecule has 184 valence electrons. The van der Waals surface area contributed by atoms with E-state index >= 15 is 0 Å². The molecular formula is C22H21F3N6O4. The SMILES string of the molecule is COc1ccc(Oc2ccc(CNC(=O)C3(NC(=O)c4cn(C)nn4)CC3)nc2)c(C(F)(F)F)c1. The van der Waals surface area contributed by atoms with Crippen molar-refractivity contribution in [1.82, 2.24) is 30.6 Å². The Labute approximate surface area is 197 Å². The molecule has 1 aromatic carbocycles. The van der Waals surface area contributed by atoms with Crippen molar-refractivity contribution >= 4 is 11.8 Å². The maximum atomic E-state index is 13.4. The largest absolute Gasteiger partial charge is 0.497 e. The summed E-state index contributed by atoms with van der Waals surface area (Å²) in [6, 6.07) is 6.34. The zero-order chi connectivity index (χ0) is 25.2. The molecule has 0 bridgehead atoms. The zero-order valence-corrected chi connectivity index (χ0v) is 18.7. The molecular weight excluding hydrogens is 469 g/mol. The topological polar surface area (TPSA) is 120 Å². The van der Waals surface area contributed by atoms with Crippen LogP contribution in [0.2, 0.25) is 0 Å². The monoisotopic (exact) mass is 490 g/mol. The van der Waals surface area contributed by atoms with Crippen molar-refractivity contribution in [2.45, 2.75) is 31.1 Å². The summed E-state index contributed by atoms with van der Waals surface area (Å²) < 4.78 is 51.7. The van der Waals surface area contributed by atoms with E-state index in [1.165, 1.54) is 48.5 Å². The molecule has 0 radical (unpaired) electrons. The Bertz CT molecular complexity index is 1240. The molecule has 4 rings (SSSR count). The lowest BCUT2D eigenvalue weighted by Gasteiger charge is -2.16. The van der Waals surface area contributed by atoms with Crippen LogP contribution in [0, 0.1) is 0 Å². The summed E-state index contributed by atoms with van der Waals surface area (Å²) in [6.45, 7) is 0.0538. The van der Waals surface area contributed by atoms with Crippen molar-refractivity contribution in [2.24, 2.45) is 7.05 Å². The van der Waals surface area contributed by atoms with Crippen LogP contribution in [0.25, 0.3) is 0 Å². The van der Waals surface area contributed by atoms with Crippen LogP contribution in [0.4, 0.5) is 13.2 Å². The second kappa shape index (κ2) is 9.24. The number of carbonyl (C=O) groups is 2. The first-order valence-electron chi connectivity index (χ1n) is 10.4. The molecule has 2 N–H and O–H groups in total. The number of alkyl halides is 3. The average Bonchev–Trinajstić information content (AvgIpc) is 3.48. The molecule has 0 saturated heterocycles. The van der Waals surface area contributed by atoms with Crippen LogP contribution >= 0.6 is 0 Å². The van der Waals surface area contributed by atoms with E-state index in [2.05, 4.69) is 25.9 Å². The number of carbonyl (C=O) groups excluding carboxylic acids is 2. The fourth-order valence-corrected chi connectivity index (χ4v) is 3.26. The van der Waals surface area contributed by atoms with Gasteiger partial charge in [0, 0.05) is 7.05 Å². The third-order valence-corrected chi connectivity index (χ3v) is 5.32. The van der Waals surface area contributed by atoms with E-state index < -0.39 is 28.9 Å². The number of benzene rings is 1. The lowest BCUT2D eigenvalue weighted by Crippen LogP contribution is -2.48. The van der Waals surface area contributed by atoms with Crippen LogP contribution in [0.15, 0.2) is 42.7 Å². The molecule has 0 atom stereocenters. The van der Waals surface area contributed by atoms with E-state index in [9.17, 15) is 22.8 Å². The molecule has 3 aromatic rings. The maximum Gasteiger partial charge on any atom is 0.420 e. The van der Waals surface area contributed by atoms with Gasteiger partial charge >= 0.3 is 6.18 Å². The third-order valence-electron chi connectivity index (χ3n) is 5.32. The number of aryl methyl sites for hydroxylation is 1. The first kappa shape index (κ1) is 24.0. The molecule has 0 spiro atoms. The van der Waals surface area contributed by atoms with Gasteiger partial charge in [0.2, 0.25) is 5.91 Å². The molecule has 35 heavy (non-hydrogen) atoms. The number of methoxy groups -OCH3 is 1. The second-order valence-corrected chi connectivity index (χ2v) is 7.94. The van der Waals surface area contributed by atoms with Crippen LogP contribution in [-0.2, 0) is 24.6 Å². The van der Waals surface area contributed by atoms with Gasteiger partial charge in [-0.05, 0) is 43.2 Å². The van der Waals surface area contributed by atoms with Gasteiger partial charge in [0.25, 0.3) is 5.91 Å². The number of halogens is 3. The van der Waals surface area contributed by atoms with Gasteiger partial charge in [-0.2, -0.15) is 13.2 Å². The Morgan fingerprint density at radius 2 is 1.91 bits per heavy atom. The molecule has 1 aliphatic rings. The van der Waals surface area contributed by atoms with E-state index in [0.29, 0.717) is 18.5 Å². The highest BCUT2D eigenvalue weighted by atomic mass is 19.4. The van der Waals surface area contributed by atoms with E-state index in [4.69, 9.17) is 9.47 Å². The number of hydrogen-bond acceptors (Lipinski definition) is 7. The first-order chi connectivity index (χ1) is 16.6. The lowest BCUT2D eigenvalue weighted by molar-refractivity contribution is -0.138. The number of nitrogens with one attached hydrogen (secondary N) is 2. The molecule has 1 aliphatic carbocycles. The minimum atomic E-state index is -4.64. The van der Waals surface area contributed by atoms with Crippen molar-refractivity contribution in [2.75, 3.05) is 7.11 Å². The third kappa shape index (κ3) is 5.50. The summed E-state index contributed by atoms with van der Waals surface area (Å²) in [7, 11) is 2.90. The fourth-order valence-electron chi connectivity index (χ4n) is 3.26. The zero-order valence-electron chi connectivity index (χ0n) is 18.7. The van der Waals surface area contributed by atoms with Crippen LogP contribution < -0.4 is 20.1 Å². The highest BCUT2D eigenvalue weighted by Crippen LogP contribution is 2.40. The molecule has 1 fully saturated rings. The van der Waals surface area contributed by atoms with Gasteiger partial charge < -0.3 is 20.1 Å². The number of rotatable bonds is 8. The van der Waals surface area contributed by atoms with Gasteiger partial charge in [0.05, 0.1) is 31.7 Å². The molecule has 2 amide bonds. The summed E-state index contributed by atoms with van der Waals surface area (Å²) >= 11 is 0. The summed E-state index contributed by atoms with van der Waals surface area (Å²) in [5.74, 6) is -1.12. The maximum absolute atomic E-state index is 13.4. The van der Waals surface area contributed by atoms with Gasteiger partial charge in [0.15, 0.2) is 5.69 Å². The molecule has 0 unspecified atom stereocenters. The molecule has 10 nitrogen and oxygen atoms in total. The number of ether oxygens (including phenoxy) is 2. The minimum absolute atomic E-state index is 0.0511. The van der Waals surface area contributed by atoms with Crippen LogP contribution in [0.3, 0.4) is 0 Å². The van der Waals surface area contributed by atoms with Crippen molar-refractivity contribution in [3.05, 3.63) is 59.7 Å². The van der Waals surface area contributed by atoms with Gasteiger partial charge in [-0.25, -0.2) is 0 Å². The average molecular weight is 490 g/mol. The van der Waals surface area contributed by atoms with Gasteiger partial charge in [-0.1, -0.05) is 5.21 Å². The first-order valence-corrected chi connectivity index (χ1v) is 10.4. The number of pyridine rings is 1. The summed E-state index contributed by atoms with van der Waals surface area (Å²) in [5, 5.41) is 12.8. The Morgan fingerprint density at radius 1 is 1.17 bits per heavy atom. The van der Waals surface area contributed by atoms with Crippen LogP contribution in [0.5, 0.6) is 17.2 Å². The van der Waals surface area contributed by atoms with Crippen molar-refractivity contribution in [3.8, 4) is 17.2 Å². The normalized spacial score (nSPS) is 14.2. The molecule has 0 aliphatic heterocycles. The number of hydrogen-bond donors (Lipinski definition) is 2. The van der Waals surface area contributed by atoms with E-state index in [0.717, 1.165) is 6.07 Å². The number of aromatic nitrogens is 4.